The quantitative estimate of drug-likeness (QED) is 0.536. The fourth-order valence-electron chi connectivity index (χ4n) is 1.85. The molecule has 0 bridgehead atoms. The Bertz CT molecular complexity index is 191. The summed E-state index contributed by atoms with van der Waals surface area (Å²) < 4.78 is 0. The molecule has 1 nitrogen and oxygen atoms in total. The number of hydrogen-bond acceptors (Lipinski definition) is 1. The summed E-state index contributed by atoms with van der Waals surface area (Å²) in [6.07, 6.45) is 9.55. The van der Waals surface area contributed by atoms with Gasteiger partial charge in [-0.05, 0) is 19.3 Å². The van der Waals surface area contributed by atoms with Gasteiger partial charge in [0.2, 0.25) is 0 Å². The van der Waals surface area contributed by atoms with E-state index in [0.717, 1.165) is 12.8 Å². The van der Waals surface area contributed by atoms with Crippen LogP contribution in [0.4, 0.5) is 0 Å². The Morgan fingerprint density at radius 2 is 2.40 bits per heavy atom. The molecule has 10 heavy (non-hydrogen) atoms. The fraction of sp³-hybridized carbons (Fsp3) is 0.556. The van der Waals surface area contributed by atoms with Crippen LogP contribution in [-0.2, 0) is 0 Å². The van der Waals surface area contributed by atoms with E-state index in [1.54, 1.807) is 0 Å². The third-order valence-corrected chi connectivity index (χ3v) is 2.44. The molecule has 1 N–H and O–H groups in total. The second-order valence-electron chi connectivity index (χ2n) is 3.11. The summed E-state index contributed by atoms with van der Waals surface area (Å²) >= 11 is 0. The first-order chi connectivity index (χ1) is 4.88. The zero-order valence-electron chi connectivity index (χ0n) is 5.96. The van der Waals surface area contributed by atoms with Crippen LogP contribution in [-0.4, -0.2) is 11.2 Å². The number of hydrogen-bond donors (Lipinski definition) is 1. The van der Waals surface area contributed by atoms with Crippen LogP contribution in [0.1, 0.15) is 19.3 Å². The molecule has 0 radical (unpaired) electrons. The van der Waals surface area contributed by atoms with Crippen molar-refractivity contribution < 1.29 is 5.11 Å². The van der Waals surface area contributed by atoms with Gasteiger partial charge in [0.15, 0.2) is 0 Å². The Labute approximate surface area is 61.1 Å². The van der Waals surface area contributed by atoms with Crippen LogP contribution in [0.15, 0.2) is 23.8 Å². The predicted octanol–water partition coefficient (Wildman–Crippen LogP) is 1.64. The molecular formula is C9H12O. The summed E-state index contributed by atoms with van der Waals surface area (Å²) in [6, 6.07) is 0. The van der Waals surface area contributed by atoms with Crippen LogP contribution in [0, 0.1) is 5.92 Å². The van der Waals surface area contributed by atoms with Crippen LogP contribution >= 0.6 is 0 Å². The Kier molecular flexibility index (Phi) is 1.38. The summed E-state index contributed by atoms with van der Waals surface area (Å²) in [5.74, 6) is 0.369. The number of aliphatic hydroxyl groups is 1. The Morgan fingerprint density at radius 3 is 3.20 bits per heavy atom. The Hall–Kier alpha value is -0.560. The van der Waals surface area contributed by atoms with Gasteiger partial charge in [-0.15, -0.1) is 0 Å². The van der Waals surface area contributed by atoms with Crippen molar-refractivity contribution in [1.29, 1.82) is 0 Å². The summed E-state index contributed by atoms with van der Waals surface area (Å²) in [5, 5.41) is 9.49. The highest BCUT2D eigenvalue weighted by atomic mass is 16.3. The maximum atomic E-state index is 9.49. The molecule has 1 fully saturated rings. The maximum Gasteiger partial charge on any atom is 0.0640 e. The van der Waals surface area contributed by atoms with E-state index in [0.29, 0.717) is 5.92 Å². The lowest BCUT2D eigenvalue weighted by atomic mass is 9.84. The van der Waals surface area contributed by atoms with E-state index in [2.05, 4.69) is 18.2 Å². The number of rotatable bonds is 0. The maximum absolute atomic E-state index is 9.49. The highest BCUT2D eigenvalue weighted by molar-refractivity contribution is 5.29. The van der Waals surface area contributed by atoms with Gasteiger partial charge in [-0.1, -0.05) is 23.8 Å². The molecule has 2 aliphatic rings. The van der Waals surface area contributed by atoms with Crippen LogP contribution in [0.3, 0.4) is 0 Å². The minimum atomic E-state index is -0.0984. The molecule has 54 valence electrons. The minimum absolute atomic E-state index is 0.0984. The van der Waals surface area contributed by atoms with Gasteiger partial charge in [0.1, 0.15) is 0 Å². The molecule has 0 aliphatic heterocycles. The smallest absolute Gasteiger partial charge is 0.0640 e. The van der Waals surface area contributed by atoms with E-state index in [4.69, 9.17) is 0 Å². The van der Waals surface area contributed by atoms with Gasteiger partial charge in [0, 0.05) is 5.92 Å². The Morgan fingerprint density at radius 1 is 1.50 bits per heavy atom. The van der Waals surface area contributed by atoms with E-state index in [9.17, 15) is 5.11 Å². The fourth-order valence-corrected chi connectivity index (χ4v) is 1.85. The zero-order valence-corrected chi connectivity index (χ0v) is 5.96. The molecule has 2 atom stereocenters. The molecule has 2 rings (SSSR count). The third-order valence-electron chi connectivity index (χ3n) is 2.44. The average Bonchev–Trinajstić information content (AvgIpc) is 2.36. The van der Waals surface area contributed by atoms with Crippen molar-refractivity contribution in [2.45, 2.75) is 25.4 Å². The molecule has 2 aliphatic carbocycles. The van der Waals surface area contributed by atoms with Gasteiger partial charge >= 0.3 is 0 Å². The Balaban J connectivity index is 2.19. The van der Waals surface area contributed by atoms with Gasteiger partial charge < -0.3 is 5.11 Å². The topological polar surface area (TPSA) is 20.2 Å². The van der Waals surface area contributed by atoms with Crippen LogP contribution < -0.4 is 0 Å². The SMILES string of the molecule is OC1CCCC2=CC=CC21. The lowest BCUT2D eigenvalue weighted by Crippen LogP contribution is -2.23. The first kappa shape index (κ1) is 6.17. The molecule has 0 aromatic carbocycles. The van der Waals surface area contributed by atoms with Gasteiger partial charge in [0.25, 0.3) is 0 Å². The standard InChI is InChI=1S/C9H12O/c10-9-6-2-4-7-3-1-5-8(7)9/h1,3,5,8-10H,2,4,6H2. The van der Waals surface area contributed by atoms with Crippen LogP contribution in [0.2, 0.25) is 0 Å². The van der Waals surface area contributed by atoms with E-state index >= 15 is 0 Å². The molecule has 0 spiro atoms. The first-order valence-corrected chi connectivity index (χ1v) is 3.93. The van der Waals surface area contributed by atoms with E-state index in [1.165, 1.54) is 12.0 Å². The molecule has 0 aromatic rings. The van der Waals surface area contributed by atoms with Gasteiger partial charge in [-0.25, -0.2) is 0 Å². The van der Waals surface area contributed by atoms with Crippen molar-refractivity contribution in [3.8, 4) is 0 Å². The third kappa shape index (κ3) is 0.816. The molecular weight excluding hydrogens is 124 g/mol. The van der Waals surface area contributed by atoms with E-state index in [-0.39, 0.29) is 6.10 Å². The summed E-state index contributed by atoms with van der Waals surface area (Å²) in [4.78, 5) is 0. The molecule has 0 aromatic heterocycles. The lowest BCUT2D eigenvalue weighted by molar-refractivity contribution is 0.119. The second-order valence-corrected chi connectivity index (χ2v) is 3.11. The largest absolute Gasteiger partial charge is 0.392 e. The van der Waals surface area contributed by atoms with Crippen molar-refractivity contribution in [2.75, 3.05) is 0 Å². The average molecular weight is 136 g/mol. The number of allylic oxidation sites excluding steroid dienone is 2. The lowest BCUT2D eigenvalue weighted by Gasteiger charge is -2.25. The van der Waals surface area contributed by atoms with Crippen molar-refractivity contribution in [1.82, 2.24) is 0 Å². The number of fused-ring (bicyclic) bond motifs is 1. The predicted molar refractivity (Wildman–Crippen MR) is 40.6 cm³/mol. The van der Waals surface area contributed by atoms with Gasteiger partial charge in [0.05, 0.1) is 6.10 Å². The molecule has 1 saturated carbocycles. The van der Waals surface area contributed by atoms with E-state index < -0.39 is 0 Å². The highest BCUT2D eigenvalue weighted by Crippen LogP contribution is 2.33. The molecule has 0 saturated heterocycles. The second kappa shape index (κ2) is 2.24. The van der Waals surface area contributed by atoms with Crippen LogP contribution in [0.25, 0.3) is 0 Å². The summed E-state index contributed by atoms with van der Waals surface area (Å²) in [7, 11) is 0. The summed E-state index contributed by atoms with van der Waals surface area (Å²) in [6.45, 7) is 0. The van der Waals surface area contributed by atoms with E-state index in [1.807, 2.05) is 0 Å². The number of aliphatic hydroxyl groups excluding tert-OH is 1. The highest BCUT2D eigenvalue weighted by Gasteiger charge is 2.26. The minimum Gasteiger partial charge on any atom is -0.392 e. The molecule has 0 heterocycles. The van der Waals surface area contributed by atoms with Gasteiger partial charge in [-0.3, -0.25) is 0 Å². The normalized spacial score (nSPS) is 37.5. The molecule has 2 unspecified atom stereocenters. The van der Waals surface area contributed by atoms with Crippen molar-refractivity contribution in [2.24, 2.45) is 5.92 Å². The molecule has 1 heteroatoms. The monoisotopic (exact) mass is 136 g/mol. The molecule has 0 amide bonds. The van der Waals surface area contributed by atoms with Crippen molar-refractivity contribution >= 4 is 0 Å². The van der Waals surface area contributed by atoms with Crippen LogP contribution in [0.5, 0.6) is 0 Å². The van der Waals surface area contributed by atoms with Crippen molar-refractivity contribution in [3.05, 3.63) is 23.8 Å². The summed E-state index contributed by atoms with van der Waals surface area (Å²) in [5.41, 5.74) is 1.43. The zero-order chi connectivity index (χ0) is 6.97. The first-order valence-electron chi connectivity index (χ1n) is 3.93. The van der Waals surface area contributed by atoms with Crippen molar-refractivity contribution in [3.63, 3.8) is 0 Å². The van der Waals surface area contributed by atoms with Gasteiger partial charge in [-0.2, -0.15) is 0 Å².